The Kier molecular flexibility index (Phi) is 4.35. The molecule has 1 aromatic heterocycles. The second-order valence-electron chi connectivity index (χ2n) is 5.26. The number of rotatable bonds is 1. The lowest BCUT2D eigenvalue weighted by molar-refractivity contribution is 0.0679. The summed E-state index contributed by atoms with van der Waals surface area (Å²) in [5, 5.41) is 4.32. The molecule has 3 rings (SSSR count). The first-order chi connectivity index (χ1) is 9.13. The SMILES string of the molecule is Cc1ccc2oc(C(=O)N3CCNC(C)C3)cc2c1.Cl. The summed E-state index contributed by atoms with van der Waals surface area (Å²) in [4.78, 5) is 14.3. The Morgan fingerprint density at radius 1 is 1.40 bits per heavy atom. The van der Waals surface area contributed by atoms with Gasteiger partial charge in [-0.15, -0.1) is 12.4 Å². The van der Waals surface area contributed by atoms with Crippen LogP contribution in [0.4, 0.5) is 0 Å². The van der Waals surface area contributed by atoms with Crippen molar-refractivity contribution >= 4 is 29.3 Å². The molecule has 0 saturated carbocycles. The van der Waals surface area contributed by atoms with Gasteiger partial charge in [0.25, 0.3) is 5.91 Å². The summed E-state index contributed by atoms with van der Waals surface area (Å²) in [5.41, 5.74) is 1.94. The van der Waals surface area contributed by atoms with Crippen LogP contribution in [0.25, 0.3) is 11.0 Å². The van der Waals surface area contributed by atoms with Crippen molar-refractivity contribution in [3.05, 3.63) is 35.6 Å². The van der Waals surface area contributed by atoms with E-state index in [1.807, 2.05) is 36.1 Å². The van der Waals surface area contributed by atoms with Gasteiger partial charge in [0, 0.05) is 31.1 Å². The fourth-order valence-electron chi connectivity index (χ4n) is 2.54. The van der Waals surface area contributed by atoms with Crippen LogP contribution in [-0.2, 0) is 0 Å². The van der Waals surface area contributed by atoms with E-state index in [1.165, 1.54) is 5.56 Å². The predicted molar refractivity (Wildman–Crippen MR) is 81.6 cm³/mol. The van der Waals surface area contributed by atoms with Gasteiger partial charge in [-0.1, -0.05) is 11.6 Å². The molecule has 0 radical (unpaired) electrons. The molecule has 1 N–H and O–H groups in total. The molecular formula is C15H19ClN2O2. The van der Waals surface area contributed by atoms with E-state index < -0.39 is 0 Å². The highest BCUT2D eigenvalue weighted by atomic mass is 35.5. The zero-order valence-electron chi connectivity index (χ0n) is 11.7. The van der Waals surface area contributed by atoms with E-state index in [-0.39, 0.29) is 18.3 Å². The zero-order chi connectivity index (χ0) is 13.4. The first kappa shape index (κ1) is 14.9. The quantitative estimate of drug-likeness (QED) is 0.879. The number of carbonyl (C=O) groups excluding carboxylic acids is 1. The van der Waals surface area contributed by atoms with Gasteiger partial charge in [-0.3, -0.25) is 4.79 Å². The number of hydrogen-bond acceptors (Lipinski definition) is 3. The lowest BCUT2D eigenvalue weighted by Crippen LogP contribution is -2.51. The van der Waals surface area contributed by atoms with Gasteiger partial charge < -0.3 is 14.6 Å². The van der Waals surface area contributed by atoms with E-state index in [4.69, 9.17) is 4.42 Å². The van der Waals surface area contributed by atoms with Gasteiger partial charge in [0.15, 0.2) is 5.76 Å². The van der Waals surface area contributed by atoms with E-state index >= 15 is 0 Å². The minimum Gasteiger partial charge on any atom is -0.451 e. The van der Waals surface area contributed by atoms with Gasteiger partial charge in [-0.25, -0.2) is 0 Å². The lowest BCUT2D eigenvalue weighted by atomic mass is 10.2. The summed E-state index contributed by atoms with van der Waals surface area (Å²) in [6.45, 7) is 6.42. The zero-order valence-corrected chi connectivity index (χ0v) is 12.5. The van der Waals surface area contributed by atoms with Gasteiger partial charge in [0.1, 0.15) is 5.58 Å². The fourth-order valence-corrected chi connectivity index (χ4v) is 2.54. The Bertz CT molecular complexity index is 623. The molecule has 1 saturated heterocycles. The largest absolute Gasteiger partial charge is 0.451 e. The number of hydrogen-bond donors (Lipinski definition) is 1. The molecule has 1 aromatic carbocycles. The van der Waals surface area contributed by atoms with Crippen molar-refractivity contribution in [2.75, 3.05) is 19.6 Å². The van der Waals surface area contributed by atoms with Crippen LogP contribution in [0.5, 0.6) is 0 Å². The summed E-state index contributed by atoms with van der Waals surface area (Å²) < 4.78 is 5.66. The second-order valence-corrected chi connectivity index (χ2v) is 5.26. The van der Waals surface area contributed by atoms with E-state index in [9.17, 15) is 4.79 Å². The van der Waals surface area contributed by atoms with Crippen molar-refractivity contribution in [2.24, 2.45) is 0 Å². The second kappa shape index (κ2) is 5.85. The van der Waals surface area contributed by atoms with Crippen LogP contribution in [0.3, 0.4) is 0 Å². The number of nitrogens with one attached hydrogen (secondary N) is 1. The van der Waals surface area contributed by atoms with Crippen LogP contribution >= 0.6 is 12.4 Å². The molecule has 108 valence electrons. The topological polar surface area (TPSA) is 45.5 Å². The highest BCUT2D eigenvalue weighted by molar-refractivity contribution is 5.96. The molecule has 1 unspecified atom stereocenters. The van der Waals surface area contributed by atoms with Gasteiger partial charge in [-0.05, 0) is 32.0 Å². The van der Waals surface area contributed by atoms with Gasteiger partial charge >= 0.3 is 0 Å². The Morgan fingerprint density at radius 3 is 2.95 bits per heavy atom. The molecule has 1 fully saturated rings. The Hall–Kier alpha value is -1.52. The van der Waals surface area contributed by atoms with Gasteiger partial charge in [0.2, 0.25) is 0 Å². The Labute approximate surface area is 124 Å². The molecule has 2 aromatic rings. The Morgan fingerprint density at radius 2 is 2.20 bits per heavy atom. The fraction of sp³-hybridized carbons (Fsp3) is 0.400. The molecule has 20 heavy (non-hydrogen) atoms. The number of aryl methyl sites for hydroxylation is 1. The average Bonchev–Trinajstić information content (AvgIpc) is 2.80. The number of fused-ring (bicyclic) bond motifs is 1. The van der Waals surface area contributed by atoms with Gasteiger partial charge in [0.05, 0.1) is 0 Å². The number of carbonyl (C=O) groups is 1. The third-order valence-electron chi connectivity index (χ3n) is 3.54. The molecule has 0 aliphatic carbocycles. The van der Waals surface area contributed by atoms with Crippen LogP contribution in [-0.4, -0.2) is 36.5 Å². The van der Waals surface area contributed by atoms with E-state index in [0.29, 0.717) is 11.8 Å². The highest BCUT2D eigenvalue weighted by Crippen LogP contribution is 2.22. The van der Waals surface area contributed by atoms with Crippen molar-refractivity contribution in [1.29, 1.82) is 0 Å². The average molecular weight is 295 g/mol. The maximum absolute atomic E-state index is 12.4. The molecule has 1 atom stereocenters. The molecule has 0 spiro atoms. The summed E-state index contributed by atoms with van der Waals surface area (Å²) in [5.74, 6) is 0.428. The summed E-state index contributed by atoms with van der Waals surface area (Å²) in [6.07, 6.45) is 0. The molecule has 0 bridgehead atoms. The number of halogens is 1. The van der Waals surface area contributed by atoms with E-state index in [1.54, 1.807) is 0 Å². The van der Waals surface area contributed by atoms with Crippen molar-refractivity contribution in [3.63, 3.8) is 0 Å². The van der Waals surface area contributed by atoms with Crippen LogP contribution in [0.15, 0.2) is 28.7 Å². The lowest BCUT2D eigenvalue weighted by Gasteiger charge is -2.31. The summed E-state index contributed by atoms with van der Waals surface area (Å²) >= 11 is 0. The third kappa shape index (κ3) is 2.81. The Balaban J connectivity index is 0.00000147. The monoisotopic (exact) mass is 294 g/mol. The number of nitrogens with zero attached hydrogens (tertiary/aromatic N) is 1. The maximum atomic E-state index is 12.4. The van der Waals surface area contributed by atoms with Crippen molar-refractivity contribution in [1.82, 2.24) is 10.2 Å². The van der Waals surface area contributed by atoms with Crippen LogP contribution < -0.4 is 5.32 Å². The molecule has 1 aliphatic heterocycles. The van der Waals surface area contributed by atoms with Crippen LogP contribution in [0.1, 0.15) is 23.0 Å². The summed E-state index contributed by atoms with van der Waals surface area (Å²) in [6, 6.07) is 8.13. The molecule has 1 aliphatic rings. The molecule has 4 nitrogen and oxygen atoms in total. The summed E-state index contributed by atoms with van der Waals surface area (Å²) in [7, 11) is 0. The minimum absolute atomic E-state index is 0. The minimum atomic E-state index is -0.0118. The van der Waals surface area contributed by atoms with Crippen LogP contribution in [0, 0.1) is 6.92 Å². The normalized spacial score (nSPS) is 18.9. The smallest absolute Gasteiger partial charge is 0.289 e. The van der Waals surface area contributed by atoms with Gasteiger partial charge in [-0.2, -0.15) is 0 Å². The van der Waals surface area contributed by atoms with Crippen molar-refractivity contribution < 1.29 is 9.21 Å². The molecule has 5 heteroatoms. The van der Waals surface area contributed by atoms with Crippen molar-refractivity contribution in [3.8, 4) is 0 Å². The first-order valence-corrected chi connectivity index (χ1v) is 6.66. The van der Waals surface area contributed by atoms with E-state index in [0.717, 1.165) is 30.6 Å². The standard InChI is InChI=1S/C15H18N2O2.ClH/c1-10-3-4-13-12(7-10)8-14(19-13)15(18)17-6-5-16-11(2)9-17;/h3-4,7-8,11,16H,5-6,9H2,1-2H3;1H. The molecule has 2 heterocycles. The maximum Gasteiger partial charge on any atom is 0.289 e. The van der Waals surface area contributed by atoms with Crippen molar-refractivity contribution in [2.45, 2.75) is 19.9 Å². The third-order valence-corrected chi connectivity index (χ3v) is 3.54. The number of amides is 1. The number of furan rings is 1. The highest BCUT2D eigenvalue weighted by Gasteiger charge is 2.24. The van der Waals surface area contributed by atoms with Crippen LogP contribution in [0.2, 0.25) is 0 Å². The molecular weight excluding hydrogens is 276 g/mol. The van der Waals surface area contributed by atoms with E-state index in [2.05, 4.69) is 12.2 Å². The molecule has 1 amide bonds. The number of piperazine rings is 1. The predicted octanol–water partition coefficient (Wildman–Crippen LogP) is 2.60. The first-order valence-electron chi connectivity index (χ1n) is 6.66. The number of benzene rings is 1.